The van der Waals surface area contributed by atoms with Crippen LogP contribution in [0.3, 0.4) is 0 Å². The number of rotatable bonds is 2. The number of nitrogen functional groups attached to an aromatic ring is 2. The Kier molecular flexibility index (Phi) is 2.71. The average molecular weight is 259 g/mol. The normalized spacial score (nSPS) is 13.1. The Balaban J connectivity index is 1.89. The van der Waals surface area contributed by atoms with Gasteiger partial charge in [0.25, 0.3) is 0 Å². The maximum absolute atomic E-state index is 5.80. The highest BCUT2D eigenvalue weighted by Crippen LogP contribution is 2.34. The van der Waals surface area contributed by atoms with Crippen LogP contribution < -0.4 is 26.3 Å². The minimum atomic E-state index is 0.245. The first-order valence-electron chi connectivity index (χ1n) is 5.76. The van der Waals surface area contributed by atoms with E-state index in [1.807, 2.05) is 18.2 Å². The van der Waals surface area contributed by atoms with E-state index in [0.29, 0.717) is 30.5 Å². The van der Waals surface area contributed by atoms with Gasteiger partial charge in [0.1, 0.15) is 25.2 Å². The molecular formula is C12H13N5O2. The molecule has 0 unspecified atom stereocenters. The van der Waals surface area contributed by atoms with E-state index in [1.54, 1.807) is 0 Å². The molecule has 0 amide bonds. The minimum absolute atomic E-state index is 0.245. The van der Waals surface area contributed by atoms with Crippen molar-refractivity contribution < 1.29 is 9.47 Å². The Labute approximate surface area is 109 Å². The van der Waals surface area contributed by atoms with Gasteiger partial charge in [-0.1, -0.05) is 0 Å². The average Bonchev–Trinajstić information content (AvgIpc) is 2.44. The van der Waals surface area contributed by atoms with Crippen LogP contribution in [0.25, 0.3) is 0 Å². The molecule has 0 saturated carbocycles. The zero-order chi connectivity index (χ0) is 13.2. The maximum Gasteiger partial charge on any atom is 0.163 e. The SMILES string of the molecule is Nc1ncnc(Nc2ccc3c(c2)OCCO3)c1N. The lowest BCUT2D eigenvalue weighted by Crippen LogP contribution is -2.15. The number of aromatic nitrogens is 2. The molecule has 0 radical (unpaired) electrons. The number of benzene rings is 1. The van der Waals surface area contributed by atoms with Crippen molar-refractivity contribution in [3.05, 3.63) is 24.5 Å². The van der Waals surface area contributed by atoms with Crippen molar-refractivity contribution in [3.63, 3.8) is 0 Å². The molecule has 5 N–H and O–H groups in total. The molecule has 1 aliphatic rings. The molecule has 7 heteroatoms. The third kappa shape index (κ3) is 2.17. The zero-order valence-electron chi connectivity index (χ0n) is 10.1. The first kappa shape index (κ1) is 11.4. The Morgan fingerprint density at radius 1 is 1.05 bits per heavy atom. The lowest BCUT2D eigenvalue weighted by atomic mass is 10.2. The van der Waals surface area contributed by atoms with Gasteiger partial charge in [0, 0.05) is 11.8 Å². The van der Waals surface area contributed by atoms with Crippen molar-refractivity contribution >= 4 is 23.0 Å². The molecule has 0 atom stereocenters. The lowest BCUT2D eigenvalue weighted by molar-refractivity contribution is 0.171. The molecular weight excluding hydrogens is 246 g/mol. The van der Waals surface area contributed by atoms with E-state index in [9.17, 15) is 0 Å². The number of nitrogens with zero attached hydrogens (tertiary/aromatic N) is 2. The second-order valence-electron chi connectivity index (χ2n) is 4.00. The summed E-state index contributed by atoms with van der Waals surface area (Å²) in [5, 5.41) is 3.07. The second-order valence-corrected chi connectivity index (χ2v) is 4.00. The van der Waals surface area contributed by atoms with Crippen LogP contribution in [0.2, 0.25) is 0 Å². The van der Waals surface area contributed by atoms with Crippen molar-refractivity contribution in [2.24, 2.45) is 0 Å². The van der Waals surface area contributed by atoms with Gasteiger partial charge in [-0.05, 0) is 12.1 Å². The van der Waals surface area contributed by atoms with Crippen molar-refractivity contribution in [2.75, 3.05) is 30.0 Å². The smallest absolute Gasteiger partial charge is 0.163 e. The molecule has 0 bridgehead atoms. The van der Waals surface area contributed by atoms with Gasteiger partial charge >= 0.3 is 0 Å². The summed E-state index contributed by atoms with van der Waals surface area (Å²) in [6, 6.07) is 5.51. The number of nitrogens with two attached hydrogens (primary N) is 2. The summed E-state index contributed by atoms with van der Waals surface area (Å²) < 4.78 is 11.0. The fourth-order valence-corrected chi connectivity index (χ4v) is 1.77. The molecule has 98 valence electrons. The fourth-order valence-electron chi connectivity index (χ4n) is 1.77. The lowest BCUT2D eigenvalue weighted by Gasteiger charge is -2.19. The van der Waals surface area contributed by atoms with Crippen molar-refractivity contribution in [1.82, 2.24) is 9.97 Å². The van der Waals surface area contributed by atoms with Gasteiger partial charge in [0.05, 0.1) is 0 Å². The van der Waals surface area contributed by atoms with E-state index in [1.165, 1.54) is 6.33 Å². The van der Waals surface area contributed by atoms with Crippen LogP contribution in [0.1, 0.15) is 0 Å². The van der Waals surface area contributed by atoms with Gasteiger partial charge in [-0.25, -0.2) is 9.97 Å². The number of hydrogen-bond acceptors (Lipinski definition) is 7. The van der Waals surface area contributed by atoms with E-state index >= 15 is 0 Å². The summed E-state index contributed by atoms with van der Waals surface area (Å²) in [5.74, 6) is 2.13. The van der Waals surface area contributed by atoms with E-state index in [4.69, 9.17) is 20.9 Å². The molecule has 0 fully saturated rings. The summed E-state index contributed by atoms with van der Waals surface area (Å²) in [6.45, 7) is 1.11. The van der Waals surface area contributed by atoms with Gasteiger partial charge in [-0.2, -0.15) is 0 Å². The quantitative estimate of drug-likeness (QED) is 0.742. The molecule has 0 saturated heterocycles. The highest BCUT2D eigenvalue weighted by Gasteiger charge is 2.12. The van der Waals surface area contributed by atoms with Gasteiger partial charge in [-0.3, -0.25) is 0 Å². The first-order valence-corrected chi connectivity index (χ1v) is 5.76. The van der Waals surface area contributed by atoms with Crippen LogP contribution in [-0.2, 0) is 0 Å². The third-order valence-electron chi connectivity index (χ3n) is 2.72. The summed E-state index contributed by atoms with van der Waals surface area (Å²) in [6.07, 6.45) is 1.35. The molecule has 1 aromatic heterocycles. The van der Waals surface area contributed by atoms with E-state index in [2.05, 4.69) is 15.3 Å². The summed E-state index contributed by atoms with van der Waals surface area (Å²) in [5.41, 5.74) is 12.5. The van der Waals surface area contributed by atoms with Gasteiger partial charge < -0.3 is 26.3 Å². The van der Waals surface area contributed by atoms with Crippen LogP contribution >= 0.6 is 0 Å². The van der Waals surface area contributed by atoms with Crippen molar-refractivity contribution in [1.29, 1.82) is 0 Å². The predicted molar refractivity (Wildman–Crippen MR) is 71.6 cm³/mol. The van der Waals surface area contributed by atoms with Gasteiger partial charge in [-0.15, -0.1) is 0 Å². The standard InChI is InChI=1S/C12H13N5O2/c13-10-11(14)15-6-16-12(10)17-7-1-2-8-9(5-7)19-4-3-18-8/h1-2,5-6H,3-4,13H2,(H3,14,15,16,17). The van der Waals surface area contributed by atoms with Crippen LogP contribution in [0.15, 0.2) is 24.5 Å². The molecule has 0 spiro atoms. The molecule has 0 aliphatic carbocycles. The second kappa shape index (κ2) is 4.52. The zero-order valence-corrected chi connectivity index (χ0v) is 10.1. The Morgan fingerprint density at radius 3 is 2.68 bits per heavy atom. The predicted octanol–water partition coefficient (Wildman–Crippen LogP) is 1.16. The maximum atomic E-state index is 5.80. The first-order chi connectivity index (χ1) is 9.24. The van der Waals surface area contributed by atoms with Crippen LogP contribution in [0.5, 0.6) is 11.5 Å². The highest BCUT2D eigenvalue weighted by atomic mass is 16.6. The van der Waals surface area contributed by atoms with Crippen LogP contribution in [0.4, 0.5) is 23.0 Å². The van der Waals surface area contributed by atoms with Crippen molar-refractivity contribution in [2.45, 2.75) is 0 Å². The van der Waals surface area contributed by atoms with Gasteiger partial charge in [0.15, 0.2) is 23.1 Å². The summed E-state index contributed by atoms with van der Waals surface area (Å²) in [4.78, 5) is 7.86. The molecule has 1 aliphatic heterocycles. The third-order valence-corrected chi connectivity index (χ3v) is 2.72. The molecule has 7 nitrogen and oxygen atoms in total. The largest absolute Gasteiger partial charge is 0.486 e. The number of anilines is 4. The summed E-state index contributed by atoms with van der Waals surface area (Å²) in [7, 11) is 0. The monoisotopic (exact) mass is 259 g/mol. The number of hydrogen-bond donors (Lipinski definition) is 3. The minimum Gasteiger partial charge on any atom is -0.486 e. The molecule has 2 heterocycles. The number of ether oxygens (including phenoxy) is 2. The van der Waals surface area contributed by atoms with Crippen molar-refractivity contribution in [3.8, 4) is 11.5 Å². The topological polar surface area (TPSA) is 108 Å². The number of nitrogens with one attached hydrogen (secondary N) is 1. The number of fused-ring (bicyclic) bond motifs is 1. The Hall–Kier alpha value is -2.70. The Bertz CT molecular complexity index is 617. The molecule has 2 aromatic rings. The Morgan fingerprint density at radius 2 is 1.84 bits per heavy atom. The van der Waals surface area contributed by atoms with E-state index in [0.717, 1.165) is 11.4 Å². The highest BCUT2D eigenvalue weighted by molar-refractivity contribution is 5.76. The van der Waals surface area contributed by atoms with E-state index in [-0.39, 0.29) is 5.82 Å². The van der Waals surface area contributed by atoms with E-state index < -0.39 is 0 Å². The molecule has 3 rings (SSSR count). The van der Waals surface area contributed by atoms with Crippen LogP contribution in [-0.4, -0.2) is 23.2 Å². The molecule has 19 heavy (non-hydrogen) atoms. The summed E-state index contributed by atoms with van der Waals surface area (Å²) >= 11 is 0. The van der Waals surface area contributed by atoms with Crippen LogP contribution in [0, 0.1) is 0 Å². The molecule has 1 aromatic carbocycles. The fraction of sp³-hybridized carbons (Fsp3) is 0.167. The van der Waals surface area contributed by atoms with Gasteiger partial charge in [0.2, 0.25) is 0 Å².